The second-order valence-corrected chi connectivity index (χ2v) is 4.78. The molecule has 1 heterocycles. The van der Waals surface area contributed by atoms with Crippen molar-refractivity contribution in [1.29, 1.82) is 0 Å². The van der Waals surface area contributed by atoms with E-state index < -0.39 is 0 Å². The van der Waals surface area contributed by atoms with Crippen LogP contribution in [0.3, 0.4) is 0 Å². The van der Waals surface area contributed by atoms with E-state index in [4.69, 9.17) is 5.73 Å². The fourth-order valence-electron chi connectivity index (χ4n) is 1.02. The van der Waals surface area contributed by atoms with Crippen molar-refractivity contribution < 1.29 is 4.79 Å². The van der Waals surface area contributed by atoms with Gasteiger partial charge in [-0.15, -0.1) is 11.3 Å². The molecule has 1 rings (SSSR count). The van der Waals surface area contributed by atoms with Crippen LogP contribution in [0.1, 0.15) is 11.3 Å². The molecular formula is C9H13BrN2OS. The van der Waals surface area contributed by atoms with Gasteiger partial charge in [0.25, 0.3) is 0 Å². The number of aryl methyl sites for hydroxylation is 1. The molecule has 0 atom stereocenters. The van der Waals surface area contributed by atoms with Gasteiger partial charge in [-0.3, -0.25) is 4.79 Å². The molecule has 14 heavy (non-hydrogen) atoms. The van der Waals surface area contributed by atoms with Crippen LogP contribution in [0.5, 0.6) is 0 Å². The highest BCUT2D eigenvalue weighted by molar-refractivity contribution is 9.10. The molecule has 1 amide bonds. The quantitative estimate of drug-likeness (QED) is 0.857. The van der Waals surface area contributed by atoms with Crippen molar-refractivity contribution in [2.24, 2.45) is 5.73 Å². The van der Waals surface area contributed by atoms with E-state index >= 15 is 0 Å². The summed E-state index contributed by atoms with van der Waals surface area (Å²) in [5.74, 6) is 0.0694. The maximum atomic E-state index is 11.2. The van der Waals surface area contributed by atoms with Crippen LogP contribution >= 0.6 is 27.3 Å². The van der Waals surface area contributed by atoms with Crippen LogP contribution < -0.4 is 11.1 Å². The highest BCUT2D eigenvalue weighted by Crippen LogP contribution is 2.20. The van der Waals surface area contributed by atoms with Crippen LogP contribution in [0.2, 0.25) is 0 Å². The Kier molecular flexibility index (Phi) is 5.14. The van der Waals surface area contributed by atoms with Crippen molar-refractivity contribution in [1.82, 2.24) is 5.32 Å². The third kappa shape index (κ3) is 4.21. The maximum Gasteiger partial charge on any atom is 0.220 e. The number of amides is 1. The van der Waals surface area contributed by atoms with Crippen LogP contribution in [0.15, 0.2) is 15.9 Å². The van der Waals surface area contributed by atoms with Gasteiger partial charge in [0.2, 0.25) is 5.91 Å². The monoisotopic (exact) mass is 276 g/mol. The Morgan fingerprint density at radius 2 is 2.43 bits per heavy atom. The Hall–Kier alpha value is -0.390. The molecule has 0 aliphatic rings. The Labute approximate surface area is 95.8 Å². The minimum atomic E-state index is 0.0694. The summed E-state index contributed by atoms with van der Waals surface area (Å²) in [4.78, 5) is 12.4. The first-order valence-corrected chi connectivity index (χ1v) is 6.09. The molecule has 78 valence electrons. The Bertz CT molecular complexity index is 301. The first-order chi connectivity index (χ1) is 6.72. The highest BCUT2D eigenvalue weighted by atomic mass is 79.9. The SMILES string of the molecule is NCCNC(=O)CCc1cc(Br)cs1. The molecule has 0 unspecified atom stereocenters. The van der Waals surface area contributed by atoms with Crippen molar-refractivity contribution in [3.05, 3.63) is 20.8 Å². The van der Waals surface area contributed by atoms with Crippen molar-refractivity contribution in [2.45, 2.75) is 12.8 Å². The molecule has 3 N–H and O–H groups in total. The molecule has 0 bridgehead atoms. The molecule has 0 saturated heterocycles. The van der Waals surface area contributed by atoms with E-state index in [0.717, 1.165) is 10.9 Å². The van der Waals surface area contributed by atoms with Crippen LogP contribution in [-0.4, -0.2) is 19.0 Å². The van der Waals surface area contributed by atoms with E-state index in [9.17, 15) is 4.79 Å². The third-order valence-electron chi connectivity index (χ3n) is 1.69. The van der Waals surface area contributed by atoms with Gasteiger partial charge in [-0.25, -0.2) is 0 Å². The summed E-state index contributed by atoms with van der Waals surface area (Å²) in [6.45, 7) is 1.06. The molecule has 1 aromatic heterocycles. The standard InChI is InChI=1S/C9H13BrN2OS/c10-7-5-8(14-6-7)1-2-9(13)12-4-3-11/h5-6H,1-4,11H2,(H,12,13). The van der Waals surface area contributed by atoms with Crippen LogP contribution in [0, 0.1) is 0 Å². The average Bonchev–Trinajstić information content (AvgIpc) is 2.58. The fourth-order valence-corrected chi connectivity index (χ4v) is 2.48. The summed E-state index contributed by atoms with van der Waals surface area (Å²) < 4.78 is 1.08. The van der Waals surface area contributed by atoms with Gasteiger partial charge in [-0.1, -0.05) is 0 Å². The lowest BCUT2D eigenvalue weighted by atomic mass is 10.2. The normalized spacial score (nSPS) is 10.1. The van der Waals surface area contributed by atoms with E-state index in [-0.39, 0.29) is 5.91 Å². The molecule has 0 saturated carbocycles. The molecule has 0 aliphatic carbocycles. The molecule has 0 fully saturated rings. The predicted octanol–water partition coefficient (Wildman–Crippen LogP) is 1.52. The lowest BCUT2D eigenvalue weighted by Gasteiger charge is -2.01. The predicted molar refractivity (Wildman–Crippen MR) is 62.4 cm³/mol. The number of thiophene rings is 1. The smallest absolute Gasteiger partial charge is 0.220 e. The van der Waals surface area contributed by atoms with E-state index in [1.807, 2.05) is 11.4 Å². The number of carbonyl (C=O) groups excluding carboxylic acids is 1. The Morgan fingerprint density at radius 3 is 3.00 bits per heavy atom. The zero-order chi connectivity index (χ0) is 10.4. The number of hydrogen-bond acceptors (Lipinski definition) is 3. The van der Waals surface area contributed by atoms with E-state index in [1.165, 1.54) is 4.88 Å². The summed E-state index contributed by atoms with van der Waals surface area (Å²) in [5.41, 5.74) is 5.27. The zero-order valence-corrected chi connectivity index (χ0v) is 10.2. The van der Waals surface area contributed by atoms with Crippen molar-refractivity contribution in [3.63, 3.8) is 0 Å². The molecule has 3 nitrogen and oxygen atoms in total. The zero-order valence-electron chi connectivity index (χ0n) is 7.75. The highest BCUT2D eigenvalue weighted by Gasteiger charge is 2.02. The number of nitrogens with two attached hydrogens (primary N) is 1. The topological polar surface area (TPSA) is 55.1 Å². The molecular weight excluding hydrogens is 264 g/mol. The number of carbonyl (C=O) groups is 1. The number of rotatable bonds is 5. The van der Waals surface area contributed by atoms with Crippen molar-refractivity contribution >= 4 is 33.2 Å². The van der Waals surface area contributed by atoms with Crippen LogP contribution in [-0.2, 0) is 11.2 Å². The van der Waals surface area contributed by atoms with Gasteiger partial charge in [0.1, 0.15) is 0 Å². The summed E-state index contributed by atoms with van der Waals surface area (Å²) in [5, 5.41) is 4.76. The lowest BCUT2D eigenvalue weighted by molar-refractivity contribution is -0.120. The van der Waals surface area contributed by atoms with Gasteiger partial charge in [0.05, 0.1) is 0 Å². The molecule has 5 heteroatoms. The Morgan fingerprint density at radius 1 is 1.64 bits per heavy atom. The first kappa shape index (κ1) is 11.7. The molecule has 1 aromatic rings. The average molecular weight is 277 g/mol. The lowest BCUT2D eigenvalue weighted by Crippen LogP contribution is -2.29. The van der Waals surface area contributed by atoms with E-state index in [0.29, 0.717) is 19.5 Å². The maximum absolute atomic E-state index is 11.2. The second kappa shape index (κ2) is 6.16. The van der Waals surface area contributed by atoms with Crippen LogP contribution in [0.4, 0.5) is 0 Å². The summed E-state index contributed by atoms with van der Waals surface area (Å²) in [6, 6.07) is 2.04. The third-order valence-corrected chi connectivity index (χ3v) is 3.44. The number of halogens is 1. The number of nitrogens with one attached hydrogen (secondary N) is 1. The molecule has 0 aromatic carbocycles. The van der Waals surface area contributed by atoms with E-state index in [2.05, 4.69) is 21.2 Å². The molecule has 0 aliphatic heterocycles. The van der Waals surface area contributed by atoms with Crippen LogP contribution in [0.25, 0.3) is 0 Å². The minimum Gasteiger partial charge on any atom is -0.355 e. The summed E-state index contributed by atoms with van der Waals surface area (Å²) in [7, 11) is 0. The summed E-state index contributed by atoms with van der Waals surface area (Å²) >= 11 is 5.04. The van der Waals surface area contributed by atoms with Gasteiger partial charge >= 0.3 is 0 Å². The van der Waals surface area contributed by atoms with E-state index in [1.54, 1.807) is 11.3 Å². The fraction of sp³-hybridized carbons (Fsp3) is 0.444. The van der Waals surface area contributed by atoms with Gasteiger partial charge in [-0.2, -0.15) is 0 Å². The van der Waals surface area contributed by atoms with Gasteiger partial charge in [0, 0.05) is 34.2 Å². The largest absolute Gasteiger partial charge is 0.355 e. The molecule has 0 radical (unpaired) electrons. The molecule has 0 spiro atoms. The van der Waals surface area contributed by atoms with Gasteiger partial charge in [0.15, 0.2) is 0 Å². The van der Waals surface area contributed by atoms with Crippen molar-refractivity contribution in [3.8, 4) is 0 Å². The van der Waals surface area contributed by atoms with Gasteiger partial charge in [-0.05, 0) is 28.4 Å². The summed E-state index contributed by atoms with van der Waals surface area (Å²) in [6.07, 6.45) is 1.33. The Balaban J connectivity index is 2.23. The second-order valence-electron chi connectivity index (χ2n) is 2.87. The first-order valence-electron chi connectivity index (χ1n) is 4.42. The minimum absolute atomic E-state index is 0.0694. The van der Waals surface area contributed by atoms with Gasteiger partial charge < -0.3 is 11.1 Å². The number of hydrogen-bond donors (Lipinski definition) is 2. The van der Waals surface area contributed by atoms with Crippen molar-refractivity contribution in [2.75, 3.05) is 13.1 Å².